The van der Waals surface area contributed by atoms with Crippen LogP contribution in [0.1, 0.15) is 113 Å². The van der Waals surface area contributed by atoms with Gasteiger partial charge < -0.3 is 63.8 Å². The second-order valence-corrected chi connectivity index (χ2v) is 20.4. The van der Waals surface area contributed by atoms with Gasteiger partial charge in [-0.1, -0.05) is 51.1 Å². The van der Waals surface area contributed by atoms with Crippen LogP contribution in [0.5, 0.6) is 0 Å². The van der Waals surface area contributed by atoms with Gasteiger partial charge >= 0.3 is 11.9 Å². The Hall–Kier alpha value is -3.62. The molecule has 17 nitrogen and oxygen atoms in total. The average molecular weight is 958 g/mol. The number of aliphatic hydroxyl groups excluding tert-OH is 2. The highest BCUT2D eigenvalue weighted by molar-refractivity contribution is 5.81. The van der Waals surface area contributed by atoms with Gasteiger partial charge in [0.1, 0.15) is 23.4 Å². The minimum atomic E-state index is -2.06. The smallest absolute Gasteiger partial charge is 0.311 e. The third kappa shape index (κ3) is 13.0. The summed E-state index contributed by atoms with van der Waals surface area (Å²) in [6, 6.07) is 8.81. The predicted molar refractivity (Wildman–Crippen MR) is 254 cm³/mol. The van der Waals surface area contributed by atoms with Gasteiger partial charge in [-0.3, -0.25) is 19.4 Å². The Bertz CT molecular complexity index is 2030. The van der Waals surface area contributed by atoms with Crippen LogP contribution in [0.25, 0.3) is 17.0 Å². The van der Waals surface area contributed by atoms with E-state index in [9.17, 15) is 34.8 Å². The zero-order chi connectivity index (χ0) is 50.5. The number of nitrogens with one attached hydrogen (secondary N) is 1. The number of pyridine rings is 1. The monoisotopic (exact) mass is 958 g/mol. The molecule has 0 spiro atoms. The predicted octanol–water partition coefficient (Wildman–Crippen LogP) is 4.68. The van der Waals surface area contributed by atoms with Crippen LogP contribution in [0.4, 0.5) is 0 Å². The van der Waals surface area contributed by atoms with Crippen LogP contribution in [0.15, 0.2) is 42.6 Å². The first-order chi connectivity index (χ1) is 31.8. The molecule has 1 aromatic heterocycles. The van der Waals surface area contributed by atoms with Crippen molar-refractivity contribution >= 4 is 34.8 Å². The van der Waals surface area contributed by atoms with E-state index in [-0.39, 0.29) is 37.8 Å². The molecule has 5 N–H and O–H groups in total. The molecule has 1 amide bonds. The normalized spacial score (nSPS) is 40.4. The summed E-state index contributed by atoms with van der Waals surface area (Å²) in [7, 11) is 5.20. The second-order valence-electron chi connectivity index (χ2n) is 20.4. The maximum atomic E-state index is 14.5. The largest absolute Gasteiger partial charge is 0.459 e. The van der Waals surface area contributed by atoms with Crippen LogP contribution in [0.2, 0.25) is 0 Å². The number of aliphatic hydroxyl groups is 4. The van der Waals surface area contributed by atoms with E-state index in [0.717, 1.165) is 16.5 Å². The van der Waals surface area contributed by atoms with E-state index in [1.807, 2.05) is 68.4 Å². The van der Waals surface area contributed by atoms with Crippen molar-refractivity contribution in [3.05, 3.63) is 48.2 Å². The number of aromatic nitrogens is 1. The molecule has 3 saturated heterocycles. The van der Waals surface area contributed by atoms with Gasteiger partial charge in [-0.15, -0.1) is 0 Å². The molecule has 2 aromatic rings. The summed E-state index contributed by atoms with van der Waals surface area (Å²) in [6.07, 6.45) is -4.03. The van der Waals surface area contributed by atoms with Crippen molar-refractivity contribution in [2.24, 2.45) is 17.8 Å². The number of methoxy groups -OCH3 is 1. The summed E-state index contributed by atoms with van der Waals surface area (Å²) >= 11 is 0. The third-order valence-corrected chi connectivity index (χ3v) is 14.3. The number of ether oxygens (including phenoxy) is 7. The second kappa shape index (κ2) is 23.1. The number of hydrogen-bond donors (Lipinski definition) is 5. The maximum absolute atomic E-state index is 14.5. The minimum Gasteiger partial charge on any atom is -0.459 e. The number of carbonyl (C=O) groups excluding carboxylic acids is 3. The van der Waals surface area contributed by atoms with Gasteiger partial charge in [0.25, 0.3) is 0 Å². The molecule has 0 radical (unpaired) electrons. The lowest BCUT2D eigenvalue weighted by Crippen LogP contribution is -2.61. The fourth-order valence-electron chi connectivity index (χ4n) is 10.3. The van der Waals surface area contributed by atoms with Crippen LogP contribution in [0.3, 0.4) is 0 Å². The summed E-state index contributed by atoms with van der Waals surface area (Å²) in [6.45, 7) is 16.5. The molecule has 3 fully saturated rings. The number of likely N-dealkylation sites (N-methyl/N-ethyl adjacent to an activating group) is 1. The Morgan fingerprint density at radius 2 is 1.66 bits per heavy atom. The number of nitrogens with zero attached hydrogens (tertiary/aromatic N) is 2. The van der Waals surface area contributed by atoms with Crippen molar-refractivity contribution < 1.29 is 68.0 Å². The van der Waals surface area contributed by atoms with Crippen molar-refractivity contribution in [2.75, 3.05) is 21.2 Å². The number of amides is 1. The van der Waals surface area contributed by atoms with Crippen molar-refractivity contribution in [1.82, 2.24) is 15.2 Å². The molecule has 382 valence electrons. The number of allylic oxidation sites excluding steroid dienone is 1. The zero-order valence-electron chi connectivity index (χ0n) is 42.3. The van der Waals surface area contributed by atoms with Gasteiger partial charge in [-0.25, -0.2) is 0 Å². The van der Waals surface area contributed by atoms with Crippen molar-refractivity contribution in [3.8, 4) is 0 Å². The molecule has 17 heteroatoms. The first-order valence-corrected chi connectivity index (χ1v) is 24.2. The molecule has 0 unspecified atom stereocenters. The van der Waals surface area contributed by atoms with Crippen molar-refractivity contribution in [3.63, 3.8) is 0 Å². The summed E-state index contributed by atoms with van der Waals surface area (Å²) in [4.78, 5) is 47.8. The number of para-hydroxylation sites is 1. The molecule has 5 rings (SSSR count). The molecule has 0 aliphatic carbocycles. The van der Waals surface area contributed by atoms with E-state index in [2.05, 4.69) is 10.3 Å². The van der Waals surface area contributed by atoms with Gasteiger partial charge in [0.2, 0.25) is 5.91 Å². The Balaban J connectivity index is 1.44. The lowest BCUT2D eigenvalue weighted by Gasteiger charge is -2.49. The molecule has 0 saturated carbocycles. The van der Waals surface area contributed by atoms with Gasteiger partial charge in [-0.05, 0) is 106 Å². The topological polar surface area (TPSA) is 225 Å². The highest BCUT2D eigenvalue weighted by Gasteiger charge is 2.54. The van der Waals surface area contributed by atoms with Crippen LogP contribution in [-0.4, -0.2) is 160 Å². The van der Waals surface area contributed by atoms with Crippen molar-refractivity contribution in [2.45, 2.75) is 198 Å². The Morgan fingerprint density at radius 3 is 2.32 bits per heavy atom. The fraction of sp³-hybridized carbons (Fsp3) is 0.725. The van der Waals surface area contributed by atoms with Crippen molar-refractivity contribution in [1.29, 1.82) is 0 Å². The molecule has 18 atom stereocenters. The van der Waals surface area contributed by atoms with E-state index < -0.39 is 114 Å². The van der Waals surface area contributed by atoms with Gasteiger partial charge in [0, 0.05) is 49.5 Å². The third-order valence-electron chi connectivity index (χ3n) is 14.3. The molecule has 68 heavy (non-hydrogen) atoms. The van der Waals surface area contributed by atoms with Crippen LogP contribution in [0, 0.1) is 17.8 Å². The first kappa shape index (κ1) is 55.3. The number of hydrogen-bond acceptors (Lipinski definition) is 16. The van der Waals surface area contributed by atoms with Gasteiger partial charge in [0.15, 0.2) is 18.7 Å². The van der Waals surface area contributed by atoms with Crippen LogP contribution in [-0.2, 0) is 47.5 Å². The first-order valence-electron chi connectivity index (χ1n) is 24.2. The van der Waals surface area contributed by atoms with Gasteiger partial charge in [0.05, 0.1) is 53.5 Å². The molecular weight excluding hydrogens is 879 g/mol. The van der Waals surface area contributed by atoms with E-state index >= 15 is 0 Å². The highest BCUT2D eigenvalue weighted by Crippen LogP contribution is 2.40. The van der Waals surface area contributed by atoms with E-state index in [0.29, 0.717) is 12.8 Å². The Labute approximate surface area is 402 Å². The molecule has 1 aromatic carbocycles. The van der Waals surface area contributed by atoms with E-state index in [1.165, 1.54) is 21.0 Å². The van der Waals surface area contributed by atoms with E-state index in [1.54, 1.807) is 54.7 Å². The number of benzene rings is 1. The fourth-order valence-corrected chi connectivity index (χ4v) is 10.3. The number of carbonyl (C=O) groups is 3. The SMILES string of the molecule is CC[C@H]1OC(=O)[C@H](C)[C@@H](O[C@H]2C[C@@](C)(OC)[C@@H](OC(=O)CC/C=C/c3cnc4ccccc4c3)[C@H](C)O2)[C@H](C)[C@@H](O[C@@H]2O[C@H](C)C[C@H](N(C)C)[C@H]2O)[C@](C)(O)C[C@@H](C)NC(=O)[C@H](C)[C@@H](O)[C@]1(C)O. The number of fused-ring (bicyclic) bond motifs is 1. The summed E-state index contributed by atoms with van der Waals surface area (Å²) < 4.78 is 44.4. The number of cyclic esters (lactones) is 1. The Morgan fingerprint density at radius 1 is 0.971 bits per heavy atom. The Kier molecular flexibility index (Phi) is 18.8. The lowest BCUT2D eigenvalue weighted by molar-refractivity contribution is -0.318. The average Bonchev–Trinajstić information content (AvgIpc) is 3.28. The minimum absolute atomic E-state index is 0.0412. The lowest BCUT2D eigenvalue weighted by atomic mass is 9.78. The molecule has 3 aliphatic heterocycles. The summed E-state index contributed by atoms with van der Waals surface area (Å²) in [5.41, 5.74) is -3.18. The quantitative estimate of drug-likeness (QED) is 0.182. The van der Waals surface area contributed by atoms with Crippen LogP contribution >= 0.6 is 0 Å². The highest BCUT2D eigenvalue weighted by atomic mass is 16.7. The maximum Gasteiger partial charge on any atom is 0.311 e. The summed E-state index contributed by atoms with van der Waals surface area (Å²) in [5, 5.41) is 51.3. The van der Waals surface area contributed by atoms with E-state index in [4.69, 9.17) is 33.2 Å². The molecular formula is C51H79N3O14. The molecule has 3 aliphatic rings. The zero-order valence-corrected chi connectivity index (χ0v) is 42.3. The molecule has 4 heterocycles. The molecule has 0 bridgehead atoms. The standard InChI is InChI=1S/C51H79N3O14/c1-14-38-51(10,61)43(57)32(6)46(58)53-28(2)25-49(8,60)44(68-48-41(56)37(54(11)12)23-29(3)63-48)30(4)42(31(5)47(59)65-38)67-40-26-50(9,62-13)45(33(7)64-40)66-39(55)22-18-15-19-34-24-35-20-16-17-21-36(35)52-27-34/h15-17,19-21,24,27-33,37-38,40-45,48,56-57,60-61H,14,18,22-23,25-26H2,1-13H3,(H,53,58)/b19-15+/t28-,29-,30+,31-,32-,33+,37+,38-,40+,41-,42+,43-,44-,45+,48+,49-,50-,51-/m1/s1. The number of esters is 2. The van der Waals surface area contributed by atoms with Gasteiger partial charge in [-0.2, -0.15) is 0 Å². The number of rotatable bonds is 12. The van der Waals surface area contributed by atoms with Crippen LogP contribution < -0.4 is 5.32 Å². The summed E-state index contributed by atoms with van der Waals surface area (Å²) in [5.74, 6) is -5.03.